The predicted octanol–water partition coefficient (Wildman–Crippen LogP) is 4.51. The van der Waals surface area contributed by atoms with Crippen LogP contribution in [0.3, 0.4) is 0 Å². The average molecular weight is 318 g/mol. The molecule has 0 radical (unpaired) electrons. The third-order valence-electron chi connectivity index (χ3n) is 2.89. The van der Waals surface area contributed by atoms with E-state index >= 15 is 0 Å². The normalized spacial score (nSPS) is 12.7. The van der Waals surface area contributed by atoms with Crippen molar-refractivity contribution in [2.75, 3.05) is 7.05 Å². The van der Waals surface area contributed by atoms with E-state index in [1.54, 1.807) is 24.3 Å². The highest BCUT2D eigenvalue weighted by molar-refractivity contribution is 7.16. The summed E-state index contributed by atoms with van der Waals surface area (Å²) in [5.74, 6) is 0.165. The van der Waals surface area contributed by atoms with Gasteiger partial charge < -0.3 is 10.1 Å². The van der Waals surface area contributed by atoms with Crippen LogP contribution in [-0.2, 0) is 6.42 Å². The van der Waals surface area contributed by atoms with E-state index in [1.807, 2.05) is 19.2 Å². The Labute approximate surface area is 125 Å². The minimum Gasteiger partial charge on any atom is -0.435 e. The van der Waals surface area contributed by atoms with Crippen molar-refractivity contribution < 1.29 is 13.5 Å². The van der Waals surface area contributed by atoms with Crippen molar-refractivity contribution in [1.29, 1.82) is 0 Å². The van der Waals surface area contributed by atoms with Crippen molar-refractivity contribution in [1.82, 2.24) is 5.32 Å². The molecular weight excluding hydrogens is 304 g/mol. The smallest absolute Gasteiger partial charge is 0.387 e. The first kappa shape index (κ1) is 15.2. The summed E-state index contributed by atoms with van der Waals surface area (Å²) in [6.07, 6.45) is 0.795. The zero-order valence-electron chi connectivity index (χ0n) is 10.8. The van der Waals surface area contributed by atoms with Gasteiger partial charge in [-0.2, -0.15) is 8.78 Å². The van der Waals surface area contributed by atoms with E-state index in [0.29, 0.717) is 0 Å². The van der Waals surface area contributed by atoms with E-state index < -0.39 is 6.61 Å². The summed E-state index contributed by atoms with van der Waals surface area (Å²) in [6, 6.07) is 10.6. The molecule has 0 aliphatic rings. The summed E-state index contributed by atoms with van der Waals surface area (Å²) >= 11 is 7.45. The summed E-state index contributed by atoms with van der Waals surface area (Å²) in [5.41, 5.74) is 1.01. The zero-order valence-corrected chi connectivity index (χ0v) is 12.3. The first-order valence-corrected chi connectivity index (χ1v) is 7.24. The van der Waals surface area contributed by atoms with E-state index in [-0.39, 0.29) is 11.8 Å². The van der Waals surface area contributed by atoms with Gasteiger partial charge in [0.25, 0.3) is 0 Å². The van der Waals surface area contributed by atoms with Gasteiger partial charge in [-0.25, -0.2) is 0 Å². The molecule has 1 aromatic carbocycles. The molecule has 0 saturated heterocycles. The molecular formula is C14H14ClF2NOS. The Balaban J connectivity index is 2.07. The lowest BCUT2D eigenvalue weighted by atomic mass is 10.0. The molecule has 20 heavy (non-hydrogen) atoms. The Kier molecular flexibility index (Phi) is 5.34. The molecule has 1 heterocycles. The van der Waals surface area contributed by atoms with E-state index in [1.165, 1.54) is 16.2 Å². The molecule has 1 unspecified atom stereocenters. The van der Waals surface area contributed by atoms with Gasteiger partial charge in [0, 0.05) is 17.3 Å². The van der Waals surface area contributed by atoms with Crippen LogP contribution < -0.4 is 10.1 Å². The molecule has 2 nitrogen and oxygen atoms in total. The largest absolute Gasteiger partial charge is 0.435 e. The molecule has 2 aromatic rings. The Morgan fingerprint density at radius 2 is 1.90 bits per heavy atom. The second-order valence-electron chi connectivity index (χ2n) is 4.20. The van der Waals surface area contributed by atoms with Crippen molar-refractivity contribution in [2.45, 2.75) is 19.1 Å². The van der Waals surface area contributed by atoms with Gasteiger partial charge in [-0.05, 0) is 36.9 Å². The zero-order chi connectivity index (χ0) is 14.5. The van der Waals surface area contributed by atoms with E-state index in [4.69, 9.17) is 11.6 Å². The molecule has 0 saturated carbocycles. The fourth-order valence-electron chi connectivity index (χ4n) is 1.93. The molecule has 0 aliphatic carbocycles. The van der Waals surface area contributed by atoms with Crippen LogP contribution in [0.5, 0.6) is 5.75 Å². The van der Waals surface area contributed by atoms with E-state index in [2.05, 4.69) is 10.1 Å². The number of hydrogen-bond acceptors (Lipinski definition) is 3. The topological polar surface area (TPSA) is 21.3 Å². The number of thiophene rings is 1. The van der Waals surface area contributed by atoms with Crippen LogP contribution in [0.4, 0.5) is 8.78 Å². The van der Waals surface area contributed by atoms with Crippen LogP contribution in [0.25, 0.3) is 0 Å². The SMILES string of the molecule is CNC(Cc1ccc(Cl)s1)c1ccc(OC(F)F)cc1. The Morgan fingerprint density at radius 1 is 1.20 bits per heavy atom. The molecule has 0 bridgehead atoms. The number of ether oxygens (including phenoxy) is 1. The second-order valence-corrected chi connectivity index (χ2v) is 6.00. The third kappa shape index (κ3) is 4.16. The van der Waals surface area contributed by atoms with E-state index in [9.17, 15) is 8.78 Å². The van der Waals surface area contributed by atoms with Crippen LogP contribution in [-0.4, -0.2) is 13.7 Å². The van der Waals surface area contributed by atoms with Gasteiger partial charge in [-0.15, -0.1) is 11.3 Å². The molecule has 1 atom stereocenters. The summed E-state index contributed by atoms with van der Waals surface area (Å²) in [6.45, 7) is -2.80. The summed E-state index contributed by atoms with van der Waals surface area (Å²) < 4.78 is 29.3. The minimum absolute atomic E-state index is 0.102. The highest BCUT2D eigenvalue weighted by Crippen LogP contribution is 2.27. The fraction of sp³-hybridized carbons (Fsp3) is 0.286. The van der Waals surface area contributed by atoms with Crippen molar-refractivity contribution in [3.8, 4) is 5.75 Å². The highest BCUT2D eigenvalue weighted by Gasteiger charge is 2.12. The van der Waals surface area contributed by atoms with Gasteiger partial charge in [-0.3, -0.25) is 0 Å². The summed E-state index contributed by atoms with van der Waals surface area (Å²) in [5, 5.41) is 3.21. The van der Waals surface area contributed by atoms with Gasteiger partial charge in [-0.1, -0.05) is 23.7 Å². The van der Waals surface area contributed by atoms with Gasteiger partial charge in [0.05, 0.1) is 4.34 Å². The van der Waals surface area contributed by atoms with Crippen molar-refractivity contribution in [3.63, 3.8) is 0 Å². The van der Waals surface area contributed by atoms with Crippen molar-refractivity contribution in [3.05, 3.63) is 51.2 Å². The average Bonchev–Trinajstić information content (AvgIpc) is 2.82. The predicted molar refractivity (Wildman–Crippen MR) is 77.9 cm³/mol. The minimum atomic E-state index is -2.80. The second kappa shape index (κ2) is 7.02. The molecule has 108 valence electrons. The first-order valence-electron chi connectivity index (χ1n) is 6.04. The molecule has 0 spiro atoms. The van der Waals surface area contributed by atoms with Crippen LogP contribution in [0.2, 0.25) is 4.34 Å². The van der Waals surface area contributed by atoms with Gasteiger partial charge in [0.15, 0.2) is 0 Å². The van der Waals surface area contributed by atoms with Crippen LogP contribution in [0.1, 0.15) is 16.5 Å². The van der Waals surface area contributed by atoms with Crippen LogP contribution >= 0.6 is 22.9 Å². The van der Waals surface area contributed by atoms with Crippen LogP contribution in [0.15, 0.2) is 36.4 Å². The standard InChI is InChI=1S/C14H14ClF2NOS/c1-18-12(8-11-6-7-13(15)20-11)9-2-4-10(5-3-9)19-14(16)17/h2-7,12,14,18H,8H2,1H3. The summed E-state index contributed by atoms with van der Waals surface area (Å²) in [4.78, 5) is 1.17. The molecule has 2 rings (SSSR count). The quantitative estimate of drug-likeness (QED) is 0.846. The van der Waals surface area contributed by atoms with E-state index in [0.717, 1.165) is 16.3 Å². The monoisotopic (exact) mass is 317 g/mol. The van der Waals surface area contributed by atoms with Gasteiger partial charge in [0.1, 0.15) is 5.75 Å². The molecule has 0 fully saturated rings. The van der Waals surface area contributed by atoms with Gasteiger partial charge in [0.2, 0.25) is 0 Å². The maximum Gasteiger partial charge on any atom is 0.387 e. The number of alkyl halides is 2. The number of rotatable bonds is 6. The van der Waals surface area contributed by atoms with Gasteiger partial charge >= 0.3 is 6.61 Å². The molecule has 6 heteroatoms. The molecule has 1 N–H and O–H groups in total. The lowest BCUT2D eigenvalue weighted by Gasteiger charge is -2.16. The maximum atomic E-state index is 12.1. The number of hydrogen-bond donors (Lipinski definition) is 1. The lowest BCUT2D eigenvalue weighted by Crippen LogP contribution is -2.18. The van der Waals surface area contributed by atoms with Crippen molar-refractivity contribution >= 4 is 22.9 Å². The number of nitrogens with one attached hydrogen (secondary N) is 1. The third-order valence-corrected chi connectivity index (χ3v) is 4.14. The number of likely N-dealkylation sites (N-methyl/N-ethyl adjacent to an activating group) is 1. The first-order chi connectivity index (χ1) is 9.58. The number of benzene rings is 1. The number of halogens is 3. The summed E-state index contributed by atoms with van der Waals surface area (Å²) in [7, 11) is 1.86. The molecule has 1 aromatic heterocycles. The molecule has 0 aliphatic heterocycles. The lowest BCUT2D eigenvalue weighted by molar-refractivity contribution is -0.0498. The maximum absolute atomic E-state index is 12.1. The highest BCUT2D eigenvalue weighted by atomic mass is 35.5. The molecule has 0 amide bonds. The Bertz CT molecular complexity index is 544. The Hall–Kier alpha value is -1.17. The van der Waals surface area contributed by atoms with Crippen LogP contribution in [0, 0.1) is 0 Å². The Morgan fingerprint density at radius 3 is 2.40 bits per heavy atom. The van der Waals surface area contributed by atoms with Crippen molar-refractivity contribution in [2.24, 2.45) is 0 Å². The fourth-order valence-corrected chi connectivity index (χ4v) is 3.06.